The summed E-state index contributed by atoms with van der Waals surface area (Å²) < 4.78 is 6.56. The van der Waals surface area contributed by atoms with Gasteiger partial charge in [-0.25, -0.2) is 0 Å². The minimum atomic E-state index is -0.602. The van der Waals surface area contributed by atoms with Crippen LogP contribution in [0.2, 0.25) is 0 Å². The van der Waals surface area contributed by atoms with E-state index in [1.807, 2.05) is 24.3 Å². The van der Waals surface area contributed by atoms with Crippen molar-refractivity contribution in [3.05, 3.63) is 28.7 Å². The van der Waals surface area contributed by atoms with Crippen molar-refractivity contribution >= 4 is 15.9 Å². The van der Waals surface area contributed by atoms with Gasteiger partial charge < -0.3 is 9.84 Å². The maximum Gasteiger partial charge on any atom is 0.133 e. The van der Waals surface area contributed by atoms with Crippen LogP contribution in [0.4, 0.5) is 0 Å². The molecule has 0 unspecified atom stereocenters. The summed E-state index contributed by atoms with van der Waals surface area (Å²) in [6, 6.07) is 7.72. The van der Waals surface area contributed by atoms with Crippen LogP contribution in [0.5, 0.6) is 5.75 Å². The van der Waals surface area contributed by atoms with Gasteiger partial charge in [-0.2, -0.15) is 0 Å². The number of rotatable bonds is 3. The summed E-state index contributed by atoms with van der Waals surface area (Å²) in [6.07, 6.45) is 3.93. The number of aliphatic hydroxyl groups is 1. The van der Waals surface area contributed by atoms with Crippen LogP contribution in [0.25, 0.3) is 0 Å². The van der Waals surface area contributed by atoms with Gasteiger partial charge >= 0.3 is 0 Å². The minimum Gasteiger partial charge on any atom is -0.489 e. The third-order valence-corrected chi connectivity index (χ3v) is 3.52. The van der Waals surface area contributed by atoms with Gasteiger partial charge in [-0.3, -0.25) is 0 Å². The number of hydrogen-bond acceptors (Lipinski definition) is 2. The molecule has 0 spiro atoms. The standard InChI is InChI=1S/C12H15BrO2/c13-10-5-1-2-6-11(10)15-9-12(14)7-3-4-8-12/h1-2,5-6,14H,3-4,7-9H2. The summed E-state index contributed by atoms with van der Waals surface area (Å²) in [5.41, 5.74) is -0.602. The molecule has 82 valence electrons. The second kappa shape index (κ2) is 4.54. The van der Waals surface area contributed by atoms with Crippen molar-refractivity contribution in [3.8, 4) is 5.75 Å². The Morgan fingerprint density at radius 2 is 1.93 bits per heavy atom. The summed E-state index contributed by atoms with van der Waals surface area (Å²) in [6.45, 7) is 0.398. The molecule has 0 bridgehead atoms. The highest BCUT2D eigenvalue weighted by Gasteiger charge is 2.31. The van der Waals surface area contributed by atoms with Gasteiger partial charge in [-0.15, -0.1) is 0 Å². The molecule has 2 rings (SSSR count). The van der Waals surface area contributed by atoms with E-state index in [1.54, 1.807) is 0 Å². The Hall–Kier alpha value is -0.540. The third kappa shape index (κ3) is 2.73. The Morgan fingerprint density at radius 1 is 1.27 bits per heavy atom. The predicted molar refractivity (Wildman–Crippen MR) is 63.1 cm³/mol. The molecule has 1 N–H and O–H groups in total. The molecule has 0 saturated heterocycles. The maximum absolute atomic E-state index is 10.1. The highest BCUT2D eigenvalue weighted by Crippen LogP contribution is 2.31. The van der Waals surface area contributed by atoms with Crippen LogP contribution in [-0.4, -0.2) is 17.3 Å². The van der Waals surface area contributed by atoms with Gasteiger partial charge in [-0.1, -0.05) is 25.0 Å². The van der Waals surface area contributed by atoms with Crippen LogP contribution >= 0.6 is 15.9 Å². The van der Waals surface area contributed by atoms with Gasteiger partial charge in [0.05, 0.1) is 10.1 Å². The summed E-state index contributed by atoms with van der Waals surface area (Å²) in [4.78, 5) is 0. The van der Waals surface area contributed by atoms with Gasteiger partial charge in [0.1, 0.15) is 12.4 Å². The lowest BCUT2D eigenvalue weighted by atomic mass is 10.0. The molecule has 0 radical (unpaired) electrons. The van der Waals surface area contributed by atoms with Crippen molar-refractivity contribution in [2.45, 2.75) is 31.3 Å². The number of benzene rings is 1. The topological polar surface area (TPSA) is 29.5 Å². The molecule has 1 fully saturated rings. The van der Waals surface area contributed by atoms with Crippen LogP contribution in [0.3, 0.4) is 0 Å². The van der Waals surface area contributed by atoms with Gasteiger partial charge in [-0.05, 0) is 40.9 Å². The fourth-order valence-electron chi connectivity index (χ4n) is 1.95. The highest BCUT2D eigenvalue weighted by molar-refractivity contribution is 9.10. The van der Waals surface area contributed by atoms with E-state index >= 15 is 0 Å². The Bertz CT molecular complexity index is 332. The molecular weight excluding hydrogens is 256 g/mol. The Morgan fingerprint density at radius 3 is 2.60 bits per heavy atom. The smallest absolute Gasteiger partial charge is 0.133 e. The molecule has 2 nitrogen and oxygen atoms in total. The fourth-order valence-corrected chi connectivity index (χ4v) is 2.35. The first kappa shape index (κ1) is 11.0. The third-order valence-electron chi connectivity index (χ3n) is 2.87. The van der Waals surface area contributed by atoms with E-state index in [0.717, 1.165) is 35.9 Å². The van der Waals surface area contributed by atoms with E-state index in [1.165, 1.54) is 0 Å². The summed E-state index contributed by atoms with van der Waals surface area (Å²) in [5, 5.41) is 10.1. The average Bonchev–Trinajstić information content (AvgIpc) is 2.65. The molecule has 0 amide bonds. The molecule has 0 heterocycles. The zero-order valence-electron chi connectivity index (χ0n) is 8.58. The van der Waals surface area contributed by atoms with Gasteiger partial charge in [0.25, 0.3) is 0 Å². The normalized spacial score (nSPS) is 19.1. The molecule has 1 saturated carbocycles. The summed E-state index contributed by atoms with van der Waals surface area (Å²) in [7, 11) is 0. The lowest BCUT2D eigenvalue weighted by Gasteiger charge is -2.22. The average molecular weight is 271 g/mol. The van der Waals surface area contributed by atoms with E-state index in [9.17, 15) is 5.11 Å². The molecule has 0 aliphatic heterocycles. The van der Waals surface area contributed by atoms with Crippen molar-refractivity contribution < 1.29 is 9.84 Å². The van der Waals surface area contributed by atoms with E-state index in [0.29, 0.717) is 6.61 Å². The molecule has 1 aromatic carbocycles. The summed E-state index contributed by atoms with van der Waals surface area (Å²) >= 11 is 3.42. The number of para-hydroxylation sites is 1. The first-order valence-corrected chi connectivity index (χ1v) is 6.09. The van der Waals surface area contributed by atoms with Crippen molar-refractivity contribution in [1.82, 2.24) is 0 Å². The molecular formula is C12H15BrO2. The number of halogens is 1. The van der Waals surface area contributed by atoms with Gasteiger partial charge in [0.15, 0.2) is 0 Å². The largest absolute Gasteiger partial charge is 0.489 e. The second-order valence-corrected chi connectivity index (χ2v) is 5.00. The molecule has 1 aliphatic rings. The molecule has 0 aromatic heterocycles. The first-order valence-electron chi connectivity index (χ1n) is 5.29. The van der Waals surface area contributed by atoms with Crippen molar-refractivity contribution in [2.75, 3.05) is 6.61 Å². The lowest BCUT2D eigenvalue weighted by Crippen LogP contribution is -2.32. The van der Waals surface area contributed by atoms with Crippen LogP contribution in [0.15, 0.2) is 28.7 Å². The van der Waals surface area contributed by atoms with Gasteiger partial charge in [0, 0.05) is 0 Å². The fraction of sp³-hybridized carbons (Fsp3) is 0.500. The van der Waals surface area contributed by atoms with E-state index < -0.39 is 5.60 Å². The van der Waals surface area contributed by atoms with E-state index in [-0.39, 0.29) is 0 Å². The van der Waals surface area contributed by atoms with Crippen molar-refractivity contribution in [2.24, 2.45) is 0 Å². The second-order valence-electron chi connectivity index (χ2n) is 4.15. The van der Waals surface area contributed by atoms with Crippen LogP contribution in [0, 0.1) is 0 Å². The maximum atomic E-state index is 10.1. The molecule has 0 atom stereocenters. The zero-order valence-corrected chi connectivity index (χ0v) is 10.2. The van der Waals surface area contributed by atoms with Crippen LogP contribution in [0.1, 0.15) is 25.7 Å². The van der Waals surface area contributed by atoms with E-state index in [2.05, 4.69) is 15.9 Å². The first-order chi connectivity index (χ1) is 7.20. The van der Waals surface area contributed by atoms with Crippen LogP contribution < -0.4 is 4.74 Å². The van der Waals surface area contributed by atoms with Crippen molar-refractivity contribution in [3.63, 3.8) is 0 Å². The predicted octanol–water partition coefficient (Wildman–Crippen LogP) is 3.13. The number of ether oxygens (including phenoxy) is 1. The van der Waals surface area contributed by atoms with E-state index in [4.69, 9.17) is 4.74 Å². The SMILES string of the molecule is OC1(COc2ccccc2Br)CCCC1. The monoisotopic (exact) mass is 270 g/mol. The van der Waals surface area contributed by atoms with Gasteiger partial charge in [0.2, 0.25) is 0 Å². The minimum absolute atomic E-state index is 0.398. The Labute approximate surface area is 98.4 Å². The molecule has 1 aromatic rings. The number of hydrogen-bond donors (Lipinski definition) is 1. The molecule has 15 heavy (non-hydrogen) atoms. The zero-order chi connectivity index (χ0) is 10.7. The lowest BCUT2D eigenvalue weighted by molar-refractivity contribution is 0.00118. The quantitative estimate of drug-likeness (QED) is 0.915. The Balaban J connectivity index is 1.95. The Kier molecular flexibility index (Phi) is 3.32. The van der Waals surface area contributed by atoms with Crippen LogP contribution in [-0.2, 0) is 0 Å². The van der Waals surface area contributed by atoms with Crippen molar-refractivity contribution in [1.29, 1.82) is 0 Å². The summed E-state index contributed by atoms with van der Waals surface area (Å²) in [5.74, 6) is 0.804. The molecule has 3 heteroatoms. The molecule has 1 aliphatic carbocycles. The highest BCUT2D eigenvalue weighted by atomic mass is 79.9.